The number of guanidine groups is 1. The third-order valence-electron chi connectivity index (χ3n) is 4.57. The Morgan fingerprint density at radius 3 is 2.50 bits per heavy atom. The lowest BCUT2D eigenvalue weighted by molar-refractivity contribution is 0.224. The van der Waals surface area contributed by atoms with Crippen molar-refractivity contribution in [3.8, 4) is 5.75 Å². The Hall–Kier alpha value is -3.06. The van der Waals surface area contributed by atoms with E-state index in [1.54, 1.807) is 0 Å². The highest BCUT2D eigenvalue weighted by atomic mass is 35.5. The van der Waals surface area contributed by atoms with Gasteiger partial charge < -0.3 is 19.9 Å². The first kappa shape index (κ1) is 21.6. The normalized spacial score (nSPS) is 12.5. The molecule has 1 heterocycles. The lowest BCUT2D eigenvalue weighted by Gasteiger charge is -2.18. The first-order valence-electron chi connectivity index (χ1n) is 9.84. The van der Waals surface area contributed by atoms with Crippen molar-refractivity contribution in [2.24, 2.45) is 12.0 Å². The molecule has 0 aliphatic rings. The number of halogens is 1. The van der Waals surface area contributed by atoms with E-state index in [1.807, 2.05) is 67.9 Å². The third kappa shape index (κ3) is 6.49. The molecule has 3 rings (SSSR count). The third-order valence-corrected chi connectivity index (χ3v) is 4.82. The molecule has 7 nitrogen and oxygen atoms in total. The first-order chi connectivity index (χ1) is 14.5. The zero-order valence-electron chi connectivity index (χ0n) is 17.5. The molecule has 8 heteroatoms. The maximum absolute atomic E-state index is 5.94. The summed E-state index contributed by atoms with van der Waals surface area (Å²) in [7, 11) is 1.95. The van der Waals surface area contributed by atoms with Gasteiger partial charge in [0.05, 0.1) is 19.6 Å². The Bertz CT molecular complexity index is 956. The van der Waals surface area contributed by atoms with Crippen LogP contribution < -0.4 is 15.4 Å². The fourth-order valence-corrected chi connectivity index (χ4v) is 2.85. The van der Waals surface area contributed by atoms with Crippen molar-refractivity contribution in [1.29, 1.82) is 0 Å². The van der Waals surface area contributed by atoms with Crippen molar-refractivity contribution in [2.45, 2.75) is 33.0 Å². The largest absolute Gasteiger partial charge is 0.489 e. The highest BCUT2D eigenvalue weighted by molar-refractivity contribution is 6.30. The minimum atomic E-state index is -0.0630. The maximum Gasteiger partial charge on any atom is 0.192 e. The highest BCUT2D eigenvalue weighted by Crippen LogP contribution is 2.16. The smallest absolute Gasteiger partial charge is 0.192 e. The molecule has 0 fully saturated rings. The Morgan fingerprint density at radius 2 is 1.83 bits per heavy atom. The highest BCUT2D eigenvalue weighted by Gasteiger charge is 2.09. The van der Waals surface area contributed by atoms with Gasteiger partial charge in [-0.2, -0.15) is 0 Å². The number of hydrogen-bond donors (Lipinski definition) is 2. The van der Waals surface area contributed by atoms with Crippen LogP contribution in [0.2, 0.25) is 5.02 Å². The van der Waals surface area contributed by atoms with E-state index in [9.17, 15) is 0 Å². The number of benzene rings is 2. The molecule has 0 bridgehead atoms. The van der Waals surface area contributed by atoms with Gasteiger partial charge in [0.1, 0.15) is 17.7 Å². The fourth-order valence-electron chi connectivity index (χ4n) is 2.72. The molecule has 1 unspecified atom stereocenters. The van der Waals surface area contributed by atoms with E-state index < -0.39 is 0 Å². The summed E-state index contributed by atoms with van der Waals surface area (Å²) in [5, 5.41) is 15.7. The molecule has 0 radical (unpaired) electrons. The Morgan fingerprint density at radius 1 is 1.10 bits per heavy atom. The molecule has 0 aliphatic carbocycles. The van der Waals surface area contributed by atoms with Crippen LogP contribution in [0.1, 0.15) is 24.1 Å². The summed E-state index contributed by atoms with van der Waals surface area (Å²) >= 11 is 5.93. The zero-order valence-corrected chi connectivity index (χ0v) is 18.2. The van der Waals surface area contributed by atoms with Crippen molar-refractivity contribution in [3.05, 3.63) is 76.8 Å². The van der Waals surface area contributed by atoms with E-state index in [1.165, 1.54) is 0 Å². The molecule has 0 saturated carbocycles. The molecule has 158 valence electrons. The zero-order chi connectivity index (χ0) is 21.3. The molecular weight excluding hydrogens is 400 g/mol. The van der Waals surface area contributed by atoms with Crippen LogP contribution in [0, 0.1) is 6.92 Å². The number of ether oxygens (including phenoxy) is 1. The molecule has 2 N–H and O–H groups in total. The molecule has 0 amide bonds. The van der Waals surface area contributed by atoms with Crippen molar-refractivity contribution in [1.82, 2.24) is 25.4 Å². The number of hydrogen-bond acceptors (Lipinski definition) is 4. The molecule has 3 aromatic rings. The van der Waals surface area contributed by atoms with Crippen LogP contribution in [0.4, 0.5) is 0 Å². The SMILES string of the molecule is Cc1nnc(CNC(=NCc2ccccc2)NCC(C)Oc2ccc(Cl)cc2)n1C. The second kappa shape index (κ2) is 10.6. The summed E-state index contributed by atoms with van der Waals surface area (Å²) in [6, 6.07) is 17.5. The van der Waals surface area contributed by atoms with E-state index >= 15 is 0 Å². The Kier molecular flexibility index (Phi) is 7.68. The second-order valence-electron chi connectivity index (χ2n) is 6.99. The van der Waals surface area contributed by atoms with Gasteiger partial charge >= 0.3 is 0 Å². The summed E-state index contributed by atoms with van der Waals surface area (Å²) in [6.45, 7) is 5.60. The van der Waals surface area contributed by atoms with Gasteiger partial charge in [-0.3, -0.25) is 0 Å². The predicted octanol–water partition coefficient (Wildman–Crippen LogP) is 3.48. The summed E-state index contributed by atoms with van der Waals surface area (Å²) in [6.07, 6.45) is -0.0630. The minimum absolute atomic E-state index is 0.0630. The molecule has 2 aromatic carbocycles. The maximum atomic E-state index is 5.94. The molecule has 0 saturated heterocycles. The predicted molar refractivity (Wildman–Crippen MR) is 120 cm³/mol. The minimum Gasteiger partial charge on any atom is -0.489 e. The van der Waals surface area contributed by atoms with E-state index in [0.29, 0.717) is 30.6 Å². The van der Waals surface area contributed by atoms with Gasteiger partial charge in [0.2, 0.25) is 0 Å². The topological polar surface area (TPSA) is 76.4 Å². The van der Waals surface area contributed by atoms with Crippen LogP contribution >= 0.6 is 11.6 Å². The Balaban J connectivity index is 1.60. The summed E-state index contributed by atoms with van der Waals surface area (Å²) in [5.74, 6) is 3.17. The van der Waals surface area contributed by atoms with Gasteiger partial charge in [-0.25, -0.2) is 4.99 Å². The Labute approximate surface area is 182 Å². The number of nitrogens with one attached hydrogen (secondary N) is 2. The van der Waals surface area contributed by atoms with Crippen LogP contribution in [0.3, 0.4) is 0 Å². The number of aromatic nitrogens is 3. The van der Waals surface area contributed by atoms with Gasteiger partial charge in [-0.1, -0.05) is 41.9 Å². The number of rotatable bonds is 8. The van der Waals surface area contributed by atoms with Crippen LogP contribution in [-0.4, -0.2) is 33.4 Å². The summed E-state index contributed by atoms with van der Waals surface area (Å²) in [4.78, 5) is 4.70. The quantitative estimate of drug-likeness (QED) is 0.426. The standard InChI is InChI=1S/C22H27ClN6O/c1-16(30-20-11-9-19(23)10-12-20)13-24-22(25-14-18-7-5-4-6-8-18)26-15-21-28-27-17(2)29(21)3/h4-12,16H,13-15H2,1-3H3,(H2,24,25,26). The molecule has 1 atom stereocenters. The molecular formula is C22H27ClN6O. The van der Waals surface area contributed by atoms with Crippen LogP contribution in [0.5, 0.6) is 5.75 Å². The number of nitrogens with zero attached hydrogens (tertiary/aromatic N) is 4. The van der Waals surface area contributed by atoms with Crippen molar-refractivity contribution < 1.29 is 4.74 Å². The van der Waals surface area contributed by atoms with Crippen molar-refractivity contribution >= 4 is 17.6 Å². The molecule has 30 heavy (non-hydrogen) atoms. The lowest BCUT2D eigenvalue weighted by Crippen LogP contribution is -2.42. The summed E-state index contributed by atoms with van der Waals surface area (Å²) in [5.41, 5.74) is 1.14. The van der Waals surface area contributed by atoms with E-state index in [2.05, 4.69) is 33.0 Å². The average molecular weight is 427 g/mol. The van der Waals surface area contributed by atoms with Crippen LogP contribution in [-0.2, 0) is 20.1 Å². The first-order valence-corrected chi connectivity index (χ1v) is 10.2. The van der Waals surface area contributed by atoms with E-state index in [-0.39, 0.29) is 6.10 Å². The van der Waals surface area contributed by atoms with Gasteiger partial charge in [-0.15, -0.1) is 10.2 Å². The fraction of sp³-hybridized carbons (Fsp3) is 0.318. The van der Waals surface area contributed by atoms with Crippen molar-refractivity contribution in [2.75, 3.05) is 6.54 Å². The second-order valence-corrected chi connectivity index (χ2v) is 7.43. The number of aliphatic imine (C=N–C) groups is 1. The molecule has 0 spiro atoms. The van der Waals surface area contributed by atoms with Gasteiger partial charge in [0.25, 0.3) is 0 Å². The number of aryl methyl sites for hydroxylation is 1. The lowest BCUT2D eigenvalue weighted by atomic mass is 10.2. The molecule has 1 aromatic heterocycles. The monoisotopic (exact) mass is 426 g/mol. The van der Waals surface area contributed by atoms with Gasteiger partial charge in [0, 0.05) is 12.1 Å². The molecule has 0 aliphatic heterocycles. The average Bonchev–Trinajstić information content (AvgIpc) is 3.07. The van der Waals surface area contributed by atoms with E-state index in [0.717, 1.165) is 23.0 Å². The van der Waals surface area contributed by atoms with Crippen LogP contribution in [0.25, 0.3) is 0 Å². The van der Waals surface area contributed by atoms with Gasteiger partial charge in [-0.05, 0) is 43.7 Å². The summed E-state index contributed by atoms with van der Waals surface area (Å²) < 4.78 is 7.89. The van der Waals surface area contributed by atoms with Crippen molar-refractivity contribution in [3.63, 3.8) is 0 Å². The van der Waals surface area contributed by atoms with Crippen LogP contribution in [0.15, 0.2) is 59.6 Å². The van der Waals surface area contributed by atoms with Gasteiger partial charge in [0.15, 0.2) is 11.8 Å². The van der Waals surface area contributed by atoms with E-state index in [4.69, 9.17) is 21.3 Å².